The number of rotatable bonds is 12. The summed E-state index contributed by atoms with van der Waals surface area (Å²) in [7, 11) is 0. The quantitative estimate of drug-likeness (QED) is 0.124. The Hall–Kier alpha value is -6.70. The zero-order chi connectivity index (χ0) is 44.7. The van der Waals surface area contributed by atoms with Gasteiger partial charge in [0.05, 0.1) is 25.3 Å². The lowest BCUT2D eigenvalue weighted by Gasteiger charge is -2.35. The van der Waals surface area contributed by atoms with Crippen LogP contribution >= 0.6 is 0 Å². The van der Waals surface area contributed by atoms with E-state index in [1.165, 1.54) is 33.7 Å². The van der Waals surface area contributed by atoms with E-state index in [0.717, 1.165) is 53.8 Å². The normalized spacial score (nSPS) is 15.8. The van der Waals surface area contributed by atoms with Crippen LogP contribution in [0.15, 0.2) is 152 Å². The molecule has 10 rings (SSSR count). The summed E-state index contributed by atoms with van der Waals surface area (Å²) >= 11 is 0. The Kier molecular flexibility index (Phi) is 13.4. The van der Waals surface area contributed by atoms with Gasteiger partial charge in [0.2, 0.25) is 0 Å². The molecule has 0 aliphatic carbocycles. The highest BCUT2D eigenvalue weighted by Gasteiger charge is 2.26. The van der Waals surface area contributed by atoms with Crippen LogP contribution in [-0.2, 0) is 17.9 Å². The minimum absolute atomic E-state index is 0.0266. The first-order chi connectivity index (χ1) is 31.8. The Balaban J connectivity index is 0.000000165. The minimum atomic E-state index is -0.515. The molecular weight excluding hydrogens is 817 g/mol. The number of carbonyl (C=O) groups is 2. The van der Waals surface area contributed by atoms with Gasteiger partial charge in [0.25, 0.3) is 11.8 Å². The summed E-state index contributed by atoms with van der Waals surface area (Å²) in [6.45, 7) is 7.81. The Morgan fingerprint density at radius 3 is 1.28 bits per heavy atom. The number of β-amino-alcohol motifs (C(OH)–C–C–N with tert-alkyl or cyclic N) is 2. The van der Waals surface area contributed by atoms with Gasteiger partial charge in [-0.2, -0.15) is 0 Å². The summed E-state index contributed by atoms with van der Waals surface area (Å²) in [4.78, 5) is 33.3. The number of carbonyl (C=O) groups excluding carboxylic acids is 2. The van der Waals surface area contributed by atoms with Gasteiger partial charge in [-0.05, 0) is 60.7 Å². The van der Waals surface area contributed by atoms with E-state index in [9.17, 15) is 24.9 Å². The molecule has 2 amide bonds. The third-order valence-corrected chi connectivity index (χ3v) is 12.7. The number of fused-ring (bicyclic) bond motifs is 6. The number of aliphatic hydroxyl groups is 2. The first-order valence-electron chi connectivity index (χ1n) is 22.6. The summed E-state index contributed by atoms with van der Waals surface area (Å²) in [5.74, 6) is 0.748. The zero-order valence-corrected chi connectivity index (χ0v) is 36.5. The molecule has 2 aromatic heterocycles. The van der Waals surface area contributed by atoms with Crippen LogP contribution in [0.4, 0.5) is 0 Å². The Labute approximate surface area is 378 Å². The number of piperazine rings is 2. The Morgan fingerprint density at radius 1 is 0.462 bits per heavy atom. The van der Waals surface area contributed by atoms with Gasteiger partial charge in [-0.15, -0.1) is 0 Å². The molecular formula is C53H56N6O6. The first kappa shape index (κ1) is 43.5. The van der Waals surface area contributed by atoms with Crippen LogP contribution < -0.4 is 4.74 Å². The number of aliphatic hydroxyl groups excluding tert-OH is 2. The molecule has 8 aromatic rings. The van der Waals surface area contributed by atoms with Crippen LogP contribution in [0.3, 0.4) is 0 Å². The fraction of sp³-hybridized carbons (Fsp3) is 0.283. The highest BCUT2D eigenvalue weighted by atomic mass is 16.5. The number of amides is 2. The lowest BCUT2D eigenvalue weighted by molar-refractivity contribution is -0.135. The maximum Gasteiger partial charge on any atom is 0.260 e. The van der Waals surface area contributed by atoms with E-state index in [-0.39, 0.29) is 24.2 Å². The van der Waals surface area contributed by atoms with Gasteiger partial charge in [-0.1, -0.05) is 91.0 Å². The van der Waals surface area contributed by atoms with Gasteiger partial charge in [-0.3, -0.25) is 19.4 Å². The van der Waals surface area contributed by atoms with E-state index in [1.54, 1.807) is 17.0 Å². The molecule has 0 bridgehead atoms. The molecule has 2 saturated heterocycles. The predicted octanol–water partition coefficient (Wildman–Crippen LogP) is 6.70. The van der Waals surface area contributed by atoms with Crippen molar-refractivity contribution in [2.75, 3.05) is 72.1 Å². The standard InChI is InChI=1S/C27H29N3O4.C26H27N3O2/c31-20-9-11-22(12-10-20)34-19-27(33)29-15-13-28(14-16-29)17-21(32)18-30-25-7-3-1-5-23(25)24-6-2-4-8-26(24)30;30-21(18-27-14-16-28(17-15-27)26(31)20-8-2-1-3-9-20)19-29-24-12-6-4-10-22(24)23-11-5-7-13-25(23)29/h1-12,21,31-32H,13-19H2;1-13,21,30H,14-19H2. The SMILES string of the molecule is O=C(COc1ccc(O)cc1)N1CCN(CC(O)Cn2c3ccccc3c3ccccc32)CC1.O=C(c1ccccc1)N1CCN(CC(O)Cn2c3ccccc3c3ccccc32)CC1. The molecule has 0 radical (unpaired) electrons. The van der Waals surface area contributed by atoms with Gasteiger partial charge in [0, 0.05) is 115 Å². The van der Waals surface area contributed by atoms with Gasteiger partial charge in [0.1, 0.15) is 11.5 Å². The van der Waals surface area contributed by atoms with Crippen LogP contribution in [0.5, 0.6) is 11.5 Å². The molecule has 2 aliphatic heterocycles. The predicted molar refractivity (Wildman–Crippen MR) is 256 cm³/mol. The van der Waals surface area contributed by atoms with E-state index in [0.29, 0.717) is 58.1 Å². The van der Waals surface area contributed by atoms with Crippen molar-refractivity contribution in [2.45, 2.75) is 25.3 Å². The average Bonchev–Trinajstić information content (AvgIpc) is 3.83. The topological polar surface area (TPSA) is 127 Å². The van der Waals surface area contributed by atoms with Gasteiger partial charge in [-0.25, -0.2) is 0 Å². The van der Waals surface area contributed by atoms with E-state index in [2.05, 4.69) is 79.6 Å². The molecule has 6 aromatic carbocycles. The highest BCUT2D eigenvalue weighted by molar-refractivity contribution is 6.08. The van der Waals surface area contributed by atoms with Crippen molar-refractivity contribution in [3.05, 3.63) is 157 Å². The van der Waals surface area contributed by atoms with Crippen LogP contribution in [-0.4, -0.2) is 140 Å². The zero-order valence-electron chi connectivity index (χ0n) is 36.5. The van der Waals surface area contributed by atoms with Crippen LogP contribution in [0.25, 0.3) is 43.6 Å². The number of hydrogen-bond donors (Lipinski definition) is 3. The Bertz CT molecular complexity index is 2760. The molecule has 2 fully saturated rings. The third-order valence-electron chi connectivity index (χ3n) is 12.7. The van der Waals surface area contributed by atoms with Crippen molar-refractivity contribution in [1.29, 1.82) is 0 Å². The number of benzene rings is 6. The molecule has 334 valence electrons. The number of aromatic nitrogens is 2. The van der Waals surface area contributed by atoms with Crippen molar-refractivity contribution in [3.63, 3.8) is 0 Å². The lowest BCUT2D eigenvalue weighted by atomic mass is 10.2. The minimum Gasteiger partial charge on any atom is -0.508 e. The van der Waals surface area contributed by atoms with Crippen molar-refractivity contribution in [3.8, 4) is 11.5 Å². The summed E-state index contributed by atoms with van der Waals surface area (Å²) in [6.07, 6.45) is -0.991. The second-order valence-electron chi connectivity index (χ2n) is 17.0. The van der Waals surface area contributed by atoms with Gasteiger partial charge < -0.3 is 39.0 Å². The number of nitrogens with zero attached hydrogens (tertiary/aromatic N) is 6. The first-order valence-corrected chi connectivity index (χ1v) is 22.6. The average molecular weight is 873 g/mol. The van der Waals surface area contributed by atoms with E-state index in [1.807, 2.05) is 71.6 Å². The van der Waals surface area contributed by atoms with Crippen molar-refractivity contribution in [1.82, 2.24) is 28.7 Å². The van der Waals surface area contributed by atoms with Crippen LogP contribution in [0.2, 0.25) is 0 Å². The number of para-hydroxylation sites is 4. The van der Waals surface area contributed by atoms with Gasteiger partial charge >= 0.3 is 0 Å². The van der Waals surface area contributed by atoms with Crippen molar-refractivity contribution in [2.24, 2.45) is 0 Å². The fourth-order valence-corrected chi connectivity index (χ4v) is 9.39. The van der Waals surface area contributed by atoms with Gasteiger partial charge in [0.15, 0.2) is 6.61 Å². The van der Waals surface area contributed by atoms with E-state index >= 15 is 0 Å². The maximum atomic E-state index is 12.6. The highest BCUT2D eigenvalue weighted by Crippen LogP contribution is 2.30. The molecule has 4 heterocycles. The number of hydrogen-bond acceptors (Lipinski definition) is 8. The molecule has 0 saturated carbocycles. The van der Waals surface area contributed by atoms with E-state index < -0.39 is 12.2 Å². The lowest BCUT2D eigenvalue weighted by Crippen LogP contribution is -2.51. The number of ether oxygens (including phenoxy) is 1. The molecule has 2 aliphatic rings. The monoisotopic (exact) mass is 872 g/mol. The van der Waals surface area contributed by atoms with Crippen molar-refractivity contribution >= 4 is 55.4 Å². The summed E-state index contributed by atoms with van der Waals surface area (Å²) in [5.41, 5.74) is 5.31. The van der Waals surface area contributed by atoms with E-state index in [4.69, 9.17) is 4.74 Å². The third kappa shape index (κ3) is 10.0. The smallest absolute Gasteiger partial charge is 0.260 e. The maximum absolute atomic E-state index is 12.6. The fourth-order valence-electron chi connectivity index (χ4n) is 9.39. The second-order valence-corrected chi connectivity index (χ2v) is 17.0. The second kappa shape index (κ2) is 20.0. The molecule has 12 nitrogen and oxygen atoms in total. The molecule has 65 heavy (non-hydrogen) atoms. The van der Waals surface area contributed by atoms with Crippen molar-refractivity contribution < 1.29 is 29.6 Å². The summed E-state index contributed by atoms with van der Waals surface area (Å²) < 4.78 is 9.97. The number of phenols is 1. The van der Waals surface area contributed by atoms with Crippen LogP contribution in [0, 0.1) is 0 Å². The molecule has 0 spiro atoms. The summed E-state index contributed by atoms with van der Waals surface area (Å²) in [5, 5.41) is 36.0. The summed E-state index contributed by atoms with van der Waals surface area (Å²) in [6, 6.07) is 49.2. The largest absolute Gasteiger partial charge is 0.508 e. The number of phenolic OH excluding ortho intramolecular Hbond substituents is 1. The molecule has 3 N–H and O–H groups in total. The Morgan fingerprint density at radius 2 is 0.846 bits per heavy atom. The molecule has 12 heteroatoms. The molecule has 2 atom stereocenters. The molecule has 2 unspecified atom stereocenters. The van der Waals surface area contributed by atoms with Crippen LogP contribution in [0.1, 0.15) is 10.4 Å². The number of aromatic hydroxyl groups is 1.